The minimum absolute atomic E-state index is 0.273. The van der Waals surface area contributed by atoms with Crippen molar-refractivity contribution in [3.8, 4) is 6.07 Å². The normalized spacial score (nSPS) is 21.6. The first kappa shape index (κ1) is 13.2. The topological polar surface area (TPSA) is 48.3 Å². The summed E-state index contributed by atoms with van der Waals surface area (Å²) in [5.41, 5.74) is 1.17. The van der Waals surface area contributed by atoms with Gasteiger partial charge in [0.2, 0.25) is 0 Å². The van der Waals surface area contributed by atoms with Crippen LogP contribution in [0, 0.1) is 11.3 Å². The van der Waals surface area contributed by atoms with Crippen LogP contribution in [0.3, 0.4) is 0 Å². The molecule has 0 bridgehead atoms. The van der Waals surface area contributed by atoms with Gasteiger partial charge >= 0.3 is 0 Å². The molecule has 0 spiro atoms. The summed E-state index contributed by atoms with van der Waals surface area (Å²) in [6, 6.07) is 2.15. The molecule has 0 aromatic rings. The predicted octanol–water partition coefficient (Wildman–Crippen LogP) is 0.767. The SMILES string of the molecule is C=C(CNCCC)CN1CCOC(C#N)C1. The van der Waals surface area contributed by atoms with E-state index in [0.717, 1.165) is 32.6 Å². The summed E-state index contributed by atoms with van der Waals surface area (Å²) in [5.74, 6) is 0. The summed E-state index contributed by atoms with van der Waals surface area (Å²) in [4.78, 5) is 2.23. The van der Waals surface area contributed by atoms with Crippen molar-refractivity contribution >= 4 is 0 Å². The lowest BCUT2D eigenvalue weighted by atomic mass is 10.2. The summed E-state index contributed by atoms with van der Waals surface area (Å²) in [6.45, 7) is 11.2. The van der Waals surface area contributed by atoms with Gasteiger partial charge in [-0.1, -0.05) is 13.5 Å². The number of hydrogen-bond donors (Lipinski definition) is 1. The van der Waals surface area contributed by atoms with Crippen LogP contribution in [-0.4, -0.2) is 50.3 Å². The first-order valence-electron chi connectivity index (χ1n) is 5.87. The molecule has 16 heavy (non-hydrogen) atoms. The second kappa shape index (κ2) is 7.39. The predicted molar refractivity (Wildman–Crippen MR) is 64.1 cm³/mol. The molecule has 0 saturated carbocycles. The number of nitriles is 1. The van der Waals surface area contributed by atoms with Gasteiger partial charge in [-0.05, 0) is 18.5 Å². The van der Waals surface area contributed by atoms with Crippen LogP contribution in [0.25, 0.3) is 0 Å². The molecule has 1 heterocycles. The van der Waals surface area contributed by atoms with E-state index in [2.05, 4.69) is 29.8 Å². The zero-order valence-corrected chi connectivity index (χ0v) is 10.0. The van der Waals surface area contributed by atoms with E-state index < -0.39 is 0 Å². The van der Waals surface area contributed by atoms with Crippen molar-refractivity contribution in [2.75, 3.05) is 39.3 Å². The minimum Gasteiger partial charge on any atom is -0.361 e. The van der Waals surface area contributed by atoms with Crippen molar-refractivity contribution in [1.29, 1.82) is 5.26 Å². The third-order valence-corrected chi connectivity index (χ3v) is 2.54. The number of ether oxygens (including phenoxy) is 1. The first-order valence-corrected chi connectivity index (χ1v) is 5.87. The van der Waals surface area contributed by atoms with Crippen LogP contribution in [0.2, 0.25) is 0 Å². The molecular formula is C12H21N3O. The van der Waals surface area contributed by atoms with Crippen molar-refractivity contribution < 1.29 is 4.74 Å². The lowest BCUT2D eigenvalue weighted by Gasteiger charge is -2.30. The van der Waals surface area contributed by atoms with E-state index in [1.165, 1.54) is 5.57 Å². The molecule has 4 nitrogen and oxygen atoms in total. The largest absolute Gasteiger partial charge is 0.361 e. The Kier molecular flexibility index (Phi) is 6.09. The molecule has 4 heteroatoms. The molecule has 90 valence electrons. The maximum Gasteiger partial charge on any atom is 0.156 e. The molecule has 0 radical (unpaired) electrons. The van der Waals surface area contributed by atoms with Crippen molar-refractivity contribution in [2.24, 2.45) is 0 Å². The molecule has 1 fully saturated rings. The molecule has 1 atom stereocenters. The Labute approximate surface area is 97.9 Å². The van der Waals surface area contributed by atoms with E-state index >= 15 is 0 Å². The van der Waals surface area contributed by atoms with Gasteiger partial charge in [-0.3, -0.25) is 4.90 Å². The Morgan fingerprint density at radius 2 is 2.50 bits per heavy atom. The number of nitrogens with zero attached hydrogens (tertiary/aromatic N) is 2. The second-order valence-corrected chi connectivity index (χ2v) is 4.15. The molecule has 0 aromatic heterocycles. The molecule has 0 aliphatic carbocycles. The van der Waals surface area contributed by atoms with Crippen LogP contribution >= 0.6 is 0 Å². The Morgan fingerprint density at radius 1 is 1.69 bits per heavy atom. The van der Waals surface area contributed by atoms with Crippen LogP contribution in [-0.2, 0) is 4.74 Å². The van der Waals surface area contributed by atoms with Crippen LogP contribution in [0.1, 0.15) is 13.3 Å². The van der Waals surface area contributed by atoms with E-state index in [-0.39, 0.29) is 6.10 Å². The zero-order valence-electron chi connectivity index (χ0n) is 10.0. The highest BCUT2D eigenvalue weighted by atomic mass is 16.5. The summed E-state index contributed by atoms with van der Waals surface area (Å²) in [5, 5.41) is 12.1. The van der Waals surface area contributed by atoms with Gasteiger partial charge in [0.05, 0.1) is 12.7 Å². The lowest BCUT2D eigenvalue weighted by Crippen LogP contribution is -2.43. The molecule has 1 aliphatic heterocycles. The second-order valence-electron chi connectivity index (χ2n) is 4.15. The highest BCUT2D eigenvalue weighted by molar-refractivity contribution is 5.01. The molecule has 1 saturated heterocycles. The molecule has 0 aromatic carbocycles. The Hall–Kier alpha value is -0.890. The van der Waals surface area contributed by atoms with Crippen LogP contribution < -0.4 is 5.32 Å². The lowest BCUT2D eigenvalue weighted by molar-refractivity contribution is 0.00409. The Bertz CT molecular complexity index is 259. The molecular weight excluding hydrogens is 202 g/mol. The highest BCUT2D eigenvalue weighted by Gasteiger charge is 2.19. The van der Waals surface area contributed by atoms with Crippen molar-refractivity contribution in [3.05, 3.63) is 12.2 Å². The minimum atomic E-state index is -0.273. The van der Waals surface area contributed by atoms with Gasteiger partial charge in [0.15, 0.2) is 6.10 Å². The molecule has 1 aliphatic rings. The fourth-order valence-corrected chi connectivity index (χ4v) is 1.74. The van der Waals surface area contributed by atoms with Gasteiger partial charge in [-0.25, -0.2) is 0 Å². The third kappa shape index (κ3) is 4.75. The molecule has 1 rings (SSSR count). The van der Waals surface area contributed by atoms with Gasteiger partial charge in [0.1, 0.15) is 0 Å². The van der Waals surface area contributed by atoms with Crippen molar-refractivity contribution in [3.63, 3.8) is 0 Å². The van der Waals surface area contributed by atoms with E-state index in [1.807, 2.05) is 0 Å². The van der Waals surface area contributed by atoms with E-state index in [4.69, 9.17) is 10.00 Å². The number of rotatable bonds is 6. The highest BCUT2D eigenvalue weighted by Crippen LogP contribution is 2.06. The summed E-state index contributed by atoms with van der Waals surface area (Å²) in [7, 11) is 0. The Morgan fingerprint density at radius 3 is 3.19 bits per heavy atom. The van der Waals surface area contributed by atoms with E-state index in [1.54, 1.807) is 0 Å². The zero-order chi connectivity index (χ0) is 11.8. The monoisotopic (exact) mass is 223 g/mol. The van der Waals surface area contributed by atoms with E-state index in [0.29, 0.717) is 13.2 Å². The van der Waals surface area contributed by atoms with E-state index in [9.17, 15) is 0 Å². The summed E-state index contributed by atoms with van der Waals surface area (Å²) < 4.78 is 5.29. The molecule has 1 N–H and O–H groups in total. The fourth-order valence-electron chi connectivity index (χ4n) is 1.74. The standard InChI is InChI=1S/C12H21N3O/c1-3-4-14-8-11(2)9-15-5-6-16-12(7-13)10-15/h12,14H,2-6,8-10H2,1H3. The summed E-state index contributed by atoms with van der Waals surface area (Å²) in [6.07, 6.45) is 0.867. The van der Waals surface area contributed by atoms with Gasteiger partial charge < -0.3 is 10.1 Å². The molecule has 0 amide bonds. The number of hydrogen-bond acceptors (Lipinski definition) is 4. The molecule has 1 unspecified atom stereocenters. The van der Waals surface area contributed by atoms with Gasteiger partial charge in [0, 0.05) is 26.2 Å². The van der Waals surface area contributed by atoms with Gasteiger partial charge in [0.25, 0.3) is 0 Å². The number of morpholine rings is 1. The maximum atomic E-state index is 8.78. The van der Waals surface area contributed by atoms with Crippen molar-refractivity contribution in [1.82, 2.24) is 10.2 Å². The van der Waals surface area contributed by atoms with Gasteiger partial charge in [-0.2, -0.15) is 5.26 Å². The summed E-state index contributed by atoms with van der Waals surface area (Å²) >= 11 is 0. The van der Waals surface area contributed by atoms with Crippen LogP contribution in [0.5, 0.6) is 0 Å². The van der Waals surface area contributed by atoms with Crippen LogP contribution in [0.15, 0.2) is 12.2 Å². The Balaban J connectivity index is 2.20. The average molecular weight is 223 g/mol. The first-order chi connectivity index (χ1) is 7.76. The number of nitrogens with one attached hydrogen (secondary N) is 1. The smallest absolute Gasteiger partial charge is 0.156 e. The maximum absolute atomic E-state index is 8.78. The van der Waals surface area contributed by atoms with Crippen molar-refractivity contribution in [2.45, 2.75) is 19.4 Å². The quantitative estimate of drug-likeness (QED) is 0.533. The average Bonchev–Trinajstić information content (AvgIpc) is 2.29. The fraction of sp³-hybridized carbons (Fsp3) is 0.750. The van der Waals surface area contributed by atoms with Crippen LogP contribution in [0.4, 0.5) is 0 Å². The van der Waals surface area contributed by atoms with Gasteiger partial charge in [-0.15, -0.1) is 0 Å². The third-order valence-electron chi connectivity index (χ3n) is 2.54.